The predicted octanol–water partition coefficient (Wildman–Crippen LogP) is 6.04. The lowest BCUT2D eigenvalue weighted by atomic mass is 9.94. The van der Waals surface area contributed by atoms with Gasteiger partial charge in [0.1, 0.15) is 19.0 Å². The van der Waals surface area contributed by atoms with Crippen molar-refractivity contribution in [1.29, 1.82) is 0 Å². The Balaban J connectivity index is 1.56. The molecule has 1 heterocycles. The molecule has 0 aliphatic carbocycles. The summed E-state index contributed by atoms with van der Waals surface area (Å²) in [5.41, 5.74) is 8.18. The lowest BCUT2D eigenvalue weighted by Crippen LogP contribution is -2.16. The average molecular weight is 457 g/mol. The number of Topliss-reactive ketones (excluding diaryl/α,β-unsaturated/α-hetero) is 1. The van der Waals surface area contributed by atoms with Crippen LogP contribution in [-0.2, 0) is 11.2 Å². The molecule has 1 N–H and O–H groups in total. The van der Waals surface area contributed by atoms with Crippen LogP contribution in [0.15, 0.2) is 54.6 Å². The van der Waals surface area contributed by atoms with Crippen molar-refractivity contribution in [1.82, 2.24) is 0 Å². The predicted molar refractivity (Wildman–Crippen MR) is 137 cm³/mol. The summed E-state index contributed by atoms with van der Waals surface area (Å²) >= 11 is 0. The molecule has 0 spiro atoms. The third-order valence-corrected chi connectivity index (χ3v) is 6.59. The number of fused-ring (bicyclic) bond motifs is 1. The van der Waals surface area contributed by atoms with E-state index in [0.29, 0.717) is 19.6 Å². The van der Waals surface area contributed by atoms with E-state index in [4.69, 9.17) is 9.47 Å². The van der Waals surface area contributed by atoms with Gasteiger partial charge in [0.25, 0.3) is 0 Å². The first-order valence-electron chi connectivity index (χ1n) is 11.8. The Morgan fingerprint density at radius 2 is 1.74 bits per heavy atom. The van der Waals surface area contributed by atoms with Crippen molar-refractivity contribution in [3.63, 3.8) is 0 Å². The summed E-state index contributed by atoms with van der Waals surface area (Å²) in [5.74, 6) is 1.35. The molecule has 34 heavy (non-hydrogen) atoms. The van der Waals surface area contributed by atoms with Gasteiger partial charge < -0.3 is 14.6 Å². The molecule has 4 nitrogen and oxygen atoms in total. The molecule has 1 aliphatic heterocycles. The van der Waals surface area contributed by atoms with Crippen LogP contribution in [0.2, 0.25) is 0 Å². The quantitative estimate of drug-likeness (QED) is 0.420. The van der Waals surface area contributed by atoms with Crippen molar-refractivity contribution in [2.45, 2.75) is 33.6 Å². The molecular formula is C30H32O4. The fourth-order valence-corrected chi connectivity index (χ4v) is 4.33. The highest BCUT2D eigenvalue weighted by Crippen LogP contribution is 2.36. The summed E-state index contributed by atoms with van der Waals surface area (Å²) in [6.07, 6.45) is 5.75. The standard InChI is InChI=1S/C30H32O4/c1-20-7-8-23(9-10-27(19-31)22(3)32)17-25(20)12-11-24-5-4-6-28(21(24)2)26-13-14-29-30(18-26)34-16-15-33-29/h4-8,11-14,17-18,27,31H,9-10,15-16,19H2,1-3H3/b12-11+. The monoisotopic (exact) mass is 456 g/mol. The number of aliphatic hydroxyl groups is 1. The minimum Gasteiger partial charge on any atom is -0.486 e. The highest BCUT2D eigenvalue weighted by Gasteiger charge is 2.14. The van der Waals surface area contributed by atoms with Crippen LogP contribution >= 0.6 is 0 Å². The van der Waals surface area contributed by atoms with Gasteiger partial charge in [-0.25, -0.2) is 0 Å². The highest BCUT2D eigenvalue weighted by molar-refractivity contribution is 5.79. The second-order valence-electron chi connectivity index (χ2n) is 8.93. The van der Waals surface area contributed by atoms with Gasteiger partial charge in [0.2, 0.25) is 0 Å². The van der Waals surface area contributed by atoms with Crippen LogP contribution in [-0.4, -0.2) is 30.7 Å². The van der Waals surface area contributed by atoms with Crippen LogP contribution in [0.25, 0.3) is 23.3 Å². The van der Waals surface area contributed by atoms with Gasteiger partial charge in [-0.1, -0.05) is 54.6 Å². The Bertz CT molecular complexity index is 1210. The SMILES string of the molecule is CC(=O)C(CO)CCc1ccc(C)c(/C=C/c2cccc(-c3ccc4c(c3)OCCO4)c2C)c1. The molecule has 1 unspecified atom stereocenters. The zero-order valence-electron chi connectivity index (χ0n) is 20.1. The minimum atomic E-state index is -0.286. The van der Waals surface area contributed by atoms with E-state index in [-0.39, 0.29) is 18.3 Å². The third-order valence-electron chi connectivity index (χ3n) is 6.59. The largest absolute Gasteiger partial charge is 0.486 e. The van der Waals surface area contributed by atoms with E-state index in [0.717, 1.165) is 34.6 Å². The number of ketones is 1. The van der Waals surface area contributed by atoms with Crippen molar-refractivity contribution in [3.05, 3.63) is 82.4 Å². The van der Waals surface area contributed by atoms with Crippen molar-refractivity contribution < 1.29 is 19.4 Å². The van der Waals surface area contributed by atoms with Crippen molar-refractivity contribution in [2.75, 3.05) is 19.8 Å². The summed E-state index contributed by atoms with van der Waals surface area (Å²) in [6, 6.07) is 18.9. The minimum absolute atomic E-state index is 0.0445. The fraction of sp³-hybridized carbons (Fsp3) is 0.300. The lowest BCUT2D eigenvalue weighted by molar-refractivity contribution is -0.122. The second-order valence-corrected chi connectivity index (χ2v) is 8.93. The van der Waals surface area contributed by atoms with E-state index >= 15 is 0 Å². The maximum atomic E-state index is 11.6. The number of carbonyl (C=O) groups excluding carboxylic acids is 1. The van der Waals surface area contributed by atoms with Crippen LogP contribution in [0.1, 0.15) is 41.2 Å². The maximum Gasteiger partial charge on any atom is 0.161 e. The average Bonchev–Trinajstić information content (AvgIpc) is 2.84. The number of rotatable bonds is 8. The molecule has 0 saturated heterocycles. The first-order valence-corrected chi connectivity index (χ1v) is 11.8. The molecule has 1 aliphatic rings. The van der Waals surface area contributed by atoms with Crippen LogP contribution in [0.4, 0.5) is 0 Å². The molecule has 3 aromatic rings. The van der Waals surface area contributed by atoms with Crippen molar-refractivity contribution >= 4 is 17.9 Å². The number of benzene rings is 3. The Morgan fingerprint density at radius 1 is 0.971 bits per heavy atom. The van der Waals surface area contributed by atoms with E-state index in [1.165, 1.54) is 22.3 Å². The Labute approximate surface area is 201 Å². The first kappa shape index (κ1) is 23.8. The molecule has 0 amide bonds. The topological polar surface area (TPSA) is 55.8 Å². The van der Waals surface area contributed by atoms with Gasteiger partial charge >= 0.3 is 0 Å². The van der Waals surface area contributed by atoms with Gasteiger partial charge in [0, 0.05) is 5.92 Å². The summed E-state index contributed by atoms with van der Waals surface area (Å²) < 4.78 is 11.4. The van der Waals surface area contributed by atoms with Crippen molar-refractivity contribution in [3.8, 4) is 22.6 Å². The molecule has 0 radical (unpaired) electrons. The normalized spacial score (nSPS) is 13.8. The number of hydrogen-bond donors (Lipinski definition) is 1. The molecule has 176 valence electrons. The summed E-state index contributed by atoms with van der Waals surface area (Å²) in [4.78, 5) is 11.6. The third kappa shape index (κ3) is 5.40. The van der Waals surface area contributed by atoms with E-state index < -0.39 is 0 Å². The molecule has 4 rings (SSSR count). The molecule has 0 bridgehead atoms. The molecule has 0 aromatic heterocycles. The highest BCUT2D eigenvalue weighted by atomic mass is 16.6. The van der Waals surface area contributed by atoms with E-state index in [9.17, 15) is 9.90 Å². The molecule has 4 heteroatoms. The molecule has 0 fully saturated rings. The smallest absolute Gasteiger partial charge is 0.161 e. The van der Waals surface area contributed by atoms with Gasteiger partial charge in [-0.2, -0.15) is 0 Å². The van der Waals surface area contributed by atoms with Gasteiger partial charge in [0.15, 0.2) is 11.5 Å². The number of hydrogen-bond acceptors (Lipinski definition) is 4. The van der Waals surface area contributed by atoms with Crippen LogP contribution in [0.5, 0.6) is 11.5 Å². The Kier molecular flexibility index (Phi) is 7.49. The van der Waals surface area contributed by atoms with Crippen LogP contribution in [0.3, 0.4) is 0 Å². The zero-order chi connectivity index (χ0) is 24.1. The fourth-order valence-electron chi connectivity index (χ4n) is 4.33. The first-order chi connectivity index (χ1) is 16.5. The summed E-state index contributed by atoms with van der Waals surface area (Å²) in [6.45, 7) is 6.87. The van der Waals surface area contributed by atoms with Gasteiger partial charge in [-0.3, -0.25) is 4.79 Å². The van der Waals surface area contributed by atoms with Crippen molar-refractivity contribution in [2.24, 2.45) is 5.92 Å². The van der Waals surface area contributed by atoms with E-state index in [1.54, 1.807) is 6.92 Å². The van der Waals surface area contributed by atoms with E-state index in [2.05, 4.69) is 74.5 Å². The van der Waals surface area contributed by atoms with Crippen LogP contribution < -0.4 is 9.47 Å². The van der Waals surface area contributed by atoms with Gasteiger partial charge in [-0.15, -0.1) is 0 Å². The molecule has 0 saturated carbocycles. The summed E-state index contributed by atoms with van der Waals surface area (Å²) in [7, 11) is 0. The summed E-state index contributed by atoms with van der Waals surface area (Å²) in [5, 5.41) is 9.43. The second kappa shape index (κ2) is 10.7. The molecule has 3 aromatic carbocycles. The van der Waals surface area contributed by atoms with Gasteiger partial charge in [-0.05, 0) is 84.7 Å². The zero-order valence-corrected chi connectivity index (χ0v) is 20.1. The Morgan fingerprint density at radius 3 is 2.50 bits per heavy atom. The van der Waals surface area contributed by atoms with Crippen LogP contribution in [0, 0.1) is 19.8 Å². The number of carbonyl (C=O) groups is 1. The number of ether oxygens (including phenoxy) is 2. The van der Waals surface area contributed by atoms with Gasteiger partial charge in [0.05, 0.1) is 6.61 Å². The number of aliphatic hydroxyl groups excluding tert-OH is 1. The number of aryl methyl sites for hydroxylation is 2. The molecular weight excluding hydrogens is 424 g/mol. The van der Waals surface area contributed by atoms with E-state index in [1.807, 2.05) is 6.07 Å². The molecule has 1 atom stereocenters. The Hall–Kier alpha value is -3.37. The lowest BCUT2D eigenvalue weighted by Gasteiger charge is -2.19. The maximum absolute atomic E-state index is 11.6.